The molecule has 0 aromatic heterocycles. The van der Waals surface area contributed by atoms with Crippen molar-refractivity contribution >= 4 is 11.9 Å². The van der Waals surface area contributed by atoms with E-state index in [-0.39, 0.29) is 18.1 Å². The van der Waals surface area contributed by atoms with Crippen LogP contribution in [-0.4, -0.2) is 28.1 Å². The number of carbonyl (C=O) groups excluding carboxylic acids is 1. The molecule has 5 nitrogen and oxygen atoms in total. The molecule has 1 aromatic carbocycles. The predicted molar refractivity (Wildman–Crippen MR) is 112 cm³/mol. The minimum atomic E-state index is -1.05. The molecule has 0 saturated heterocycles. The third-order valence-corrected chi connectivity index (χ3v) is 5.23. The van der Waals surface area contributed by atoms with Crippen LogP contribution < -0.4 is 5.32 Å². The highest BCUT2D eigenvalue weighted by atomic mass is 16.4. The number of nitrogens with one attached hydrogen (secondary N) is 1. The van der Waals surface area contributed by atoms with Gasteiger partial charge in [-0.2, -0.15) is 0 Å². The Hall–Kier alpha value is -2.04. The predicted octanol–water partition coefficient (Wildman–Crippen LogP) is 4.92. The summed E-state index contributed by atoms with van der Waals surface area (Å²) >= 11 is 0. The molecular weight excluding hydrogens is 354 g/mol. The van der Waals surface area contributed by atoms with Gasteiger partial charge >= 0.3 is 5.97 Å². The van der Waals surface area contributed by atoms with Gasteiger partial charge in [0.2, 0.25) is 5.91 Å². The lowest BCUT2D eigenvalue weighted by Gasteiger charge is -2.18. The van der Waals surface area contributed by atoms with E-state index < -0.39 is 12.0 Å². The van der Waals surface area contributed by atoms with Crippen LogP contribution in [0.1, 0.15) is 77.7 Å². The first-order valence-electron chi connectivity index (χ1n) is 10.6. The molecule has 0 bridgehead atoms. The highest BCUT2D eigenvalue weighted by Crippen LogP contribution is 2.21. The maximum absolute atomic E-state index is 12.2. The Bertz CT molecular complexity index is 585. The second kappa shape index (κ2) is 13.2. The number of amides is 1. The average molecular weight is 392 g/mol. The van der Waals surface area contributed by atoms with E-state index in [1.165, 1.54) is 44.2 Å². The standard InChI is InChI=1S/C23H37NO4/c1-4-5-6-7-8-17(2)15-18(3)9-14-22(26)24-21(23(27)28)16-19-10-12-20(25)13-11-19/h10-13,17-18,21,25H,4-9,14-16H2,1-3H3,(H,24,26)(H,27,28)/t17-,18?,21?/m1/s1. The van der Waals surface area contributed by atoms with Gasteiger partial charge in [-0.1, -0.05) is 65.0 Å². The number of rotatable bonds is 14. The van der Waals surface area contributed by atoms with Crippen LogP contribution >= 0.6 is 0 Å². The zero-order valence-electron chi connectivity index (χ0n) is 17.6. The summed E-state index contributed by atoms with van der Waals surface area (Å²) in [5, 5.41) is 21.3. The molecule has 1 aromatic rings. The van der Waals surface area contributed by atoms with Crippen molar-refractivity contribution in [3.05, 3.63) is 29.8 Å². The van der Waals surface area contributed by atoms with Gasteiger partial charge in [-0.05, 0) is 42.4 Å². The Morgan fingerprint density at radius 3 is 2.25 bits per heavy atom. The first kappa shape index (κ1) is 24.0. The highest BCUT2D eigenvalue weighted by Gasteiger charge is 2.21. The summed E-state index contributed by atoms with van der Waals surface area (Å²) in [4.78, 5) is 23.7. The SMILES string of the molecule is CCCCCC[C@@H](C)CC(C)CCC(=O)NC(Cc1ccc(O)cc1)C(=O)O. The lowest BCUT2D eigenvalue weighted by Crippen LogP contribution is -2.42. The molecular formula is C23H37NO4. The lowest BCUT2D eigenvalue weighted by molar-refractivity contribution is -0.141. The molecule has 0 saturated carbocycles. The van der Waals surface area contributed by atoms with E-state index in [1.54, 1.807) is 12.1 Å². The number of hydrogen-bond acceptors (Lipinski definition) is 3. The minimum absolute atomic E-state index is 0.133. The van der Waals surface area contributed by atoms with Crippen LogP contribution in [0.5, 0.6) is 5.75 Å². The second-order valence-electron chi connectivity index (χ2n) is 8.16. The molecule has 2 unspecified atom stereocenters. The van der Waals surface area contributed by atoms with E-state index in [0.717, 1.165) is 18.4 Å². The van der Waals surface area contributed by atoms with Crippen molar-refractivity contribution in [2.45, 2.75) is 84.6 Å². The number of hydrogen-bond donors (Lipinski definition) is 3. The fraction of sp³-hybridized carbons (Fsp3) is 0.652. The van der Waals surface area contributed by atoms with Gasteiger partial charge in [-0.15, -0.1) is 0 Å². The van der Waals surface area contributed by atoms with Crippen molar-refractivity contribution in [1.82, 2.24) is 5.32 Å². The van der Waals surface area contributed by atoms with Gasteiger partial charge in [0.1, 0.15) is 11.8 Å². The van der Waals surface area contributed by atoms with Gasteiger partial charge in [0.05, 0.1) is 0 Å². The van der Waals surface area contributed by atoms with E-state index in [1.807, 2.05) is 0 Å². The minimum Gasteiger partial charge on any atom is -0.508 e. The third-order valence-electron chi connectivity index (χ3n) is 5.23. The van der Waals surface area contributed by atoms with Crippen molar-refractivity contribution in [2.24, 2.45) is 11.8 Å². The van der Waals surface area contributed by atoms with Gasteiger partial charge in [0.15, 0.2) is 0 Å². The smallest absolute Gasteiger partial charge is 0.326 e. The number of unbranched alkanes of at least 4 members (excludes halogenated alkanes) is 3. The average Bonchev–Trinajstić information content (AvgIpc) is 2.64. The quantitative estimate of drug-likeness (QED) is 0.393. The van der Waals surface area contributed by atoms with Gasteiger partial charge in [-0.3, -0.25) is 4.79 Å². The molecule has 0 radical (unpaired) electrons. The van der Waals surface area contributed by atoms with Crippen LogP contribution in [0.4, 0.5) is 0 Å². The molecule has 1 rings (SSSR count). The summed E-state index contributed by atoms with van der Waals surface area (Å²) in [5.41, 5.74) is 0.760. The Morgan fingerprint density at radius 1 is 1.00 bits per heavy atom. The van der Waals surface area contributed by atoms with Crippen LogP contribution in [0.3, 0.4) is 0 Å². The molecule has 0 aliphatic carbocycles. The number of benzene rings is 1. The van der Waals surface area contributed by atoms with Crippen LogP contribution in [0.2, 0.25) is 0 Å². The molecule has 0 aliphatic heterocycles. The molecule has 0 spiro atoms. The maximum atomic E-state index is 12.2. The van der Waals surface area contributed by atoms with Gasteiger partial charge in [0.25, 0.3) is 0 Å². The van der Waals surface area contributed by atoms with Crippen LogP contribution in [-0.2, 0) is 16.0 Å². The summed E-state index contributed by atoms with van der Waals surface area (Å²) in [6, 6.07) is 5.41. The molecule has 158 valence electrons. The molecule has 28 heavy (non-hydrogen) atoms. The number of phenols is 1. The van der Waals surface area contributed by atoms with E-state index in [4.69, 9.17) is 0 Å². The summed E-state index contributed by atoms with van der Waals surface area (Å²) in [5.74, 6) is -0.0134. The summed E-state index contributed by atoms with van der Waals surface area (Å²) < 4.78 is 0. The van der Waals surface area contributed by atoms with Gasteiger partial charge in [0, 0.05) is 12.8 Å². The maximum Gasteiger partial charge on any atom is 0.326 e. The van der Waals surface area contributed by atoms with Crippen LogP contribution in [0, 0.1) is 11.8 Å². The Kier molecular flexibility index (Phi) is 11.3. The number of carboxylic acids is 1. The molecule has 1 amide bonds. The third kappa shape index (κ3) is 10.3. The second-order valence-corrected chi connectivity index (χ2v) is 8.16. The molecule has 0 heterocycles. The Balaban J connectivity index is 2.35. The zero-order valence-corrected chi connectivity index (χ0v) is 17.6. The number of carboxylic acid groups (broad SMARTS) is 1. The Morgan fingerprint density at radius 2 is 1.64 bits per heavy atom. The summed E-state index contributed by atoms with van der Waals surface area (Å²) in [6.07, 6.45) is 8.81. The van der Waals surface area contributed by atoms with E-state index in [9.17, 15) is 19.8 Å². The Labute approximate surface area is 169 Å². The molecule has 0 fully saturated rings. The first-order chi connectivity index (χ1) is 13.3. The van der Waals surface area contributed by atoms with Crippen LogP contribution in [0.25, 0.3) is 0 Å². The van der Waals surface area contributed by atoms with Crippen molar-refractivity contribution in [2.75, 3.05) is 0 Å². The number of carbonyl (C=O) groups is 2. The lowest BCUT2D eigenvalue weighted by atomic mass is 9.90. The normalized spacial score (nSPS) is 14.2. The topological polar surface area (TPSA) is 86.6 Å². The number of phenolic OH excluding ortho intramolecular Hbond substituents is 1. The summed E-state index contributed by atoms with van der Waals surface area (Å²) in [7, 11) is 0. The van der Waals surface area contributed by atoms with Crippen molar-refractivity contribution < 1.29 is 19.8 Å². The molecule has 3 N–H and O–H groups in total. The monoisotopic (exact) mass is 391 g/mol. The van der Waals surface area contributed by atoms with E-state index in [2.05, 4.69) is 26.1 Å². The fourth-order valence-electron chi connectivity index (χ4n) is 3.55. The van der Waals surface area contributed by atoms with E-state index in [0.29, 0.717) is 18.3 Å². The largest absolute Gasteiger partial charge is 0.508 e. The van der Waals surface area contributed by atoms with Gasteiger partial charge in [-0.25, -0.2) is 4.79 Å². The molecule has 0 aliphatic rings. The number of aromatic hydroxyl groups is 1. The summed E-state index contributed by atoms with van der Waals surface area (Å²) in [6.45, 7) is 6.66. The van der Waals surface area contributed by atoms with Crippen molar-refractivity contribution in [3.8, 4) is 5.75 Å². The molecule has 5 heteroatoms. The van der Waals surface area contributed by atoms with Gasteiger partial charge < -0.3 is 15.5 Å². The van der Waals surface area contributed by atoms with Crippen LogP contribution in [0.15, 0.2) is 24.3 Å². The zero-order chi connectivity index (χ0) is 20.9. The highest BCUT2D eigenvalue weighted by molar-refractivity contribution is 5.83. The van der Waals surface area contributed by atoms with E-state index >= 15 is 0 Å². The first-order valence-corrected chi connectivity index (χ1v) is 10.6. The van der Waals surface area contributed by atoms with Crippen molar-refractivity contribution in [3.63, 3.8) is 0 Å². The number of aliphatic carboxylic acids is 1. The fourth-order valence-corrected chi connectivity index (χ4v) is 3.55. The molecule has 3 atom stereocenters. The van der Waals surface area contributed by atoms with Crippen molar-refractivity contribution in [1.29, 1.82) is 0 Å².